The summed E-state index contributed by atoms with van der Waals surface area (Å²) < 4.78 is 33.2. The van der Waals surface area contributed by atoms with E-state index in [1.54, 1.807) is 0 Å². The number of nitriles is 1. The molecule has 2 aliphatic heterocycles. The van der Waals surface area contributed by atoms with Crippen molar-refractivity contribution in [3.05, 3.63) is 45.8 Å². The van der Waals surface area contributed by atoms with Gasteiger partial charge in [0.15, 0.2) is 0 Å². The molecule has 0 radical (unpaired) electrons. The number of anilines is 1. The van der Waals surface area contributed by atoms with Gasteiger partial charge in [-0.1, -0.05) is 6.92 Å². The number of nitrogens with zero attached hydrogens (tertiary/aromatic N) is 3. The van der Waals surface area contributed by atoms with Gasteiger partial charge in [-0.05, 0) is 63.1 Å². The number of hydrogen-bond donors (Lipinski definition) is 1. The summed E-state index contributed by atoms with van der Waals surface area (Å²) in [5, 5.41) is 13.2. The predicted molar refractivity (Wildman–Crippen MR) is 131 cm³/mol. The summed E-state index contributed by atoms with van der Waals surface area (Å²) in [4.78, 5) is 16.5. The van der Waals surface area contributed by atoms with Crippen molar-refractivity contribution in [1.82, 2.24) is 9.21 Å². The number of amides is 1. The van der Waals surface area contributed by atoms with Crippen LogP contribution in [0.25, 0.3) is 0 Å². The maximum atomic E-state index is 13.1. The number of benzene rings is 1. The zero-order chi connectivity index (χ0) is 24.5. The van der Waals surface area contributed by atoms with Crippen molar-refractivity contribution in [3.63, 3.8) is 0 Å². The molecule has 34 heavy (non-hydrogen) atoms. The van der Waals surface area contributed by atoms with Gasteiger partial charge >= 0.3 is 0 Å². The number of hydrogen-bond acceptors (Lipinski definition) is 7. The minimum Gasteiger partial charge on any atom is -0.373 e. The van der Waals surface area contributed by atoms with E-state index in [9.17, 15) is 18.5 Å². The maximum absolute atomic E-state index is 13.1. The Labute approximate surface area is 205 Å². The molecule has 3 heterocycles. The Balaban J connectivity index is 1.49. The van der Waals surface area contributed by atoms with Gasteiger partial charge < -0.3 is 10.1 Å². The van der Waals surface area contributed by atoms with E-state index in [-0.39, 0.29) is 23.0 Å². The minimum atomic E-state index is -3.68. The van der Waals surface area contributed by atoms with Crippen LogP contribution >= 0.6 is 11.3 Å². The zero-order valence-electron chi connectivity index (χ0n) is 19.7. The highest BCUT2D eigenvalue weighted by atomic mass is 32.2. The molecule has 2 unspecified atom stereocenters. The Morgan fingerprint density at radius 3 is 2.53 bits per heavy atom. The van der Waals surface area contributed by atoms with Crippen molar-refractivity contribution in [2.75, 3.05) is 31.5 Å². The number of carbonyl (C=O) groups is 1. The molecule has 0 spiro atoms. The first-order valence-electron chi connectivity index (χ1n) is 11.6. The molecule has 1 N–H and O–H groups in total. The summed E-state index contributed by atoms with van der Waals surface area (Å²) in [6.07, 6.45) is 1.52. The lowest BCUT2D eigenvalue weighted by Crippen LogP contribution is -2.48. The number of carbonyl (C=O) groups excluding carboxylic acids is 1. The van der Waals surface area contributed by atoms with E-state index in [0.717, 1.165) is 42.9 Å². The smallest absolute Gasteiger partial charge is 0.256 e. The molecule has 1 aromatic carbocycles. The van der Waals surface area contributed by atoms with E-state index in [1.165, 1.54) is 39.9 Å². The van der Waals surface area contributed by atoms with Crippen molar-refractivity contribution >= 4 is 32.3 Å². The minimum absolute atomic E-state index is 0.144. The van der Waals surface area contributed by atoms with Crippen LogP contribution in [-0.2, 0) is 27.7 Å². The summed E-state index contributed by atoms with van der Waals surface area (Å²) >= 11 is 1.46. The predicted octanol–water partition coefficient (Wildman–Crippen LogP) is 3.44. The summed E-state index contributed by atoms with van der Waals surface area (Å²) in [6.45, 7) is 9.16. The fraction of sp³-hybridized carbons (Fsp3) is 0.500. The molecule has 8 nitrogen and oxygen atoms in total. The number of ether oxygens (including phenoxy) is 1. The van der Waals surface area contributed by atoms with Gasteiger partial charge in [-0.25, -0.2) is 8.42 Å². The Bertz CT molecular complexity index is 1190. The first-order valence-corrected chi connectivity index (χ1v) is 13.8. The number of nitrogens with one attached hydrogen (secondary N) is 1. The van der Waals surface area contributed by atoms with Gasteiger partial charge in [0.25, 0.3) is 5.91 Å². The zero-order valence-corrected chi connectivity index (χ0v) is 21.3. The largest absolute Gasteiger partial charge is 0.373 e. The fourth-order valence-corrected chi connectivity index (χ4v) is 7.43. The molecule has 2 atom stereocenters. The monoisotopic (exact) mass is 502 g/mol. The van der Waals surface area contributed by atoms with E-state index in [1.807, 2.05) is 13.8 Å². The van der Waals surface area contributed by atoms with Crippen molar-refractivity contribution in [2.45, 2.75) is 57.3 Å². The number of sulfonamides is 1. The third-order valence-electron chi connectivity index (χ3n) is 6.16. The Morgan fingerprint density at radius 1 is 1.24 bits per heavy atom. The molecule has 2 aliphatic rings. The van der Waals surface area contributed by atoms with E-state index < -0.39 is 10.0 Å². The molecule has 1 fully saturated rings. The van der Waals surface area contributed by atoms with Crippen LogP contribution in [0.15, 0.2) is 29.2 Å². The van der Waals surface area contributed by atoms with Gasteiger partial charge in [0.2, 0.25) is 10.0 Å². The van der Waals surface area contributed by atoms with E-state index in [4.69, 9.17) is 4.74 Å². The molecule has 4 rings (SSSR count). The molecule has 10 heteroatoms. The average Bonchev–Trinajstić information content (AvgIpc) is 3.14. The number of morpholine rings is 1. The lowest BCUT2D eigenvalue weighted by atomic mass is 10.0. The number of thiophene rings is 1. The molecular weight excluding hydrogens is 472 g/mol. The van der Waals surface area contributed by atoms with Crippen molar-refractivity contribution in [2.24, 2.45) is 0 Å². The van der Waals surface area contributed by atoms with Crippen molar-refractivity contribution in [3.8, 4) is 6.07 Å². The molecule has 1 saturated heterocycles. The highest BCUT2D eigenvalue weighted by Gasteiger charge is 2.32. The molecular formula is C24H30N4O4S2. The van der Waals surface area contributed by atoms with Gasteiger partial charge in [0.05, 0.1) is 22.7 Å². The molecule has 0 bridgehead atoms. The highest BCUT2D eigenvalue weighted by Crippen LogP contribution is 2.37. The summed E-state index contributed by atoms with van der Waals surface area (Å²) in [5.41, 5.74) is 1.91. The molecule has 1 aromatic heterocycles. The number of rotatable bonds is 6. The lowest BCUT2D eigenvalue weighted by molar-refractivity contribution is -0.0440. The van der Waals surface area contributed by atoms with Crippen LogP contribution in [0.4, 0.5) is 5.00 Å². The average molecular weight is 503 g/mol. The maximum Gasteiger partial charge on any atom is 0.256 e. The van der Waals surface area contributed by atoms with Crippen molar-refractivity contribution < 1.29 is 17.9 Å². The molecule has 0 saturated carbocycles. The summed E-state index contributed by atoms with van der Waals surface area (Å²) in [7, 11) is -3.68. The quantitative estimate of drug-likeness (QED) is 0.649. The van der Waals surface area contributed by atoms with E-state index in [0.29, 0.717) is 29.2 Å². The third-order valence-corrected chi connectivity index (χ3v) is 9.13. The highest BCUT2D eigenvalue weighted by molar-refractivity contribution is 7.89. The molecule has 2 aromatic rings. The summed E-state index contributed by atoms with van der Waals surface area (Å²) in [5.74, 6) is -0.363. The van der Waals surface area contributed by atoms with Crippen LogP contribution in [-0.4, -0.2) is 61.9 Å². The second kappa shape index (κ2) is 10.1. The van der Waals surface area contributed by atoms with E-state index in [2.05, 4.69) is 23.2 Å². The van der Waals surface area contributed by atoms with Gasteiger partial charge in [-0.15, -0.1) is 11.3 Å². The van der Waals surface area contributed by atoms with Crippen LogP contribution in [0.5, 0.6) is 0 Å². The topological polar surface area (TPSA) is 103 Å². The molecule has 0 aliphatic carbocycles. The Morgan fingerprint density at radius 2 is 1.91 bits per heavy atom. The van der Waals surface area contributed by atoms with Crippen LogP contribution in [0, 0.1) is 11.3 Å². The summed E-state index contributed by atoms with van der Waals surface area (Å²) in [6, 6.07) is 8.21. The Hall–Kier alpha value is -2.29. The second-order valence-electron chi connectivity index (χ2n) is 8.90. The van der Waals surface area contributed by atoms with Crippen LogP contribution in [0.2, 0.25) is 0 Å². The van der Waals surface area contributed by atoms with Gasteiger partial charge in [0, 0.05) is 36.6 Å². The first-order chi connectivity index (χ1) is 16.2. The third kappa shape index (κ3) is 5.04. The van der Waals surface area contributed by atoms with Crippen LogP contribution < -0.4 is 5.32 Å². The second-order valence-corrected chi connectivity index (χ2v) is 11.9. The van der Waals surface area contributed by atoms with Gasteiger partial charge in [0.1, 0.15) is 11.1 Å². The van der Waals surface area contributed by atoms with Gasteiger partial charge in [-0.2, -0.15) is 9.57 Å². The molecule has 182 valence electrons. The fourth-order valence-electron chi connectivity index (χ4n) is 4.60. The molecule has 1 amide bonds. The standard InChI is InChI=1S/C24H30N4O4S2/c1-4-10-27-11-9-20-21(12-25)24(33-22(20)15-27)26-23(29)18-5-7-19(8-6-18)34(30,31)28-13-16(2)32-17(3)14-28/h5-8,16-17H,4,9-11,13-15H2,1-3H3,(H,26,29). The number of fused-ring (bicyclic) bond motifs is 1. The SMILES string of the molecule is CCCN1CCc2c(sc(NC(=O)c3ccc(S(=O)(=O)N4CC(C)OC(C)C4)cc3)c2C#N)C1. The van der Waals surface area contributed by atoms with Crippen LogP contribution in [0.3, 0.4) is 0 Å². The normalized spacial score (nSPS) is 21.6. The van der Waals surface area contributed by atoms with Gasteiger partial charge in [-0.3, -0.25) is 9.69 Å². The lowest BCUT2D eigenvalue weighted by Gasteiger charge is -2.34. The van der Waals surface area contributed by atoms with Crippen molar-refractivity contribution in [1.29, 1.82) is 5.26 Å². The van der Waals surface area contributed by atoms with E-state index >= 15 is 0 Å². The Kier molecular flexibility index (Phi) is 7.40. The first kappa shape index (κ1) is 24.8. The van der Waals surface area contributed by atoms with Crippen LogP contribution in [0.1, 0.15) is 53.6 Å².